The van der Waals surface area contributed by atoms with E-state index in [1.165, 1.54) is 19.2 Å². The molecule has 1 aromatic carbocycles. The molecule has 1 aliphatic heterocycles. The minimum Gasteiger partial charge on any atom is -0.362 e. The van der Waals surface area contributed by atoms with Crippen LogP contribution in [0, 0.1) is 12.7 Å². The first-order chi connectivity index (χ1) is 11.4. The van der Waals surface area contributed by atoms with Crippen LogP contribution < -0.4 is 5.32 Å². The van der Waals surface area contributed by atoms with Gasteiger partial charge in [0.2, 0.25) is 0 Å². The van der Waals surface area contributed by atoms with Crippen molar-refractivity contribution in [2.45, 2.75) is 19.4 Å². The van der Waals surface area contributed by atoms with E-state index in [1.54, 1.807) is 24.8 Å². The third-order valence-electron chi connectivity index (χ3n) is 4.50. The summed E-state index contributed by atoms with van der Waals surface area (Å²) in [6, 6.07) is 4.37. The minimum atomic E-state index is -1.07. The Labute approximate surface area is 139 Å². The second-order valence-corrected chi connectivity index (χ2v) is 6.20. The molecule has 2 amide bonds. The van der Waals surface area contributed by atoms with Gasteiger partial charge in [-0.05, 0) is 37.6 Å². The summed E-state index contributed by atoms with van der Waals surface area (Å²) >= 11 is 0. The van der Waals surface area contributed by atoms with E-state index >= 15 is 0 Å². The summed E-state index contributed by atoms with van der Waals surface area (Å²) in [4.78, 5) is 29.6. The number of aromatic nitrogens is 1. The molecule has 2 aromatic rings. The fourth-order valence-electron chi connectivity index (χ4n) is 3.12. The molecule has 0 unspecified atom stereocenters. The van der Waals surface area contributed by atoms with Crippen molar-refractivity contribution in [1.82, 2.24) is 15.2 Å². The van der Waals surface area contributed by atoms with Crippen molar-refractivity contribution in [3.63, 3.8) is 0 Å². The topological polar surface area (TPSA) is 74.4 Å². The highest BCUT2D eigenvalue weighted by Crippen LogP contribution is 2.25. The zero-order valence-electron chi connectivity index (χ0n) is 13.9. The second kappa shape index (κ2) is 5.90. The molecule has 0 bridgehead atoms. The van der Waals surface area contributed by atoms with E-state index in [0.29, 0.717) is 28.7 Å². The van der Waals surface area contributed by atoms with E-state index in [1.807, 2.05) is 0 Å². The molecule has 0 radical (unpaired) electrons. The summed E-state index contributed by atoms with van der Waals surface area (Å²) < 4.78 is 19.0. The second-order valence-electron chi connectivity index (χ2n) is 6.20. The van der Waals surface area contributed by atoms with Crippen molar-refractivity contribution in [1.29, 1.82) is 0 Å². The number of H-pyrrole nitrogens is 1. The number of hydrogen-bond acceptors (Lipinski definition) is 3. The van der Waals surface area contributed by atoms with Crippen LogP contribution in [0.2, 0.25) is 0 Å². The number of aryl methyl sites for hydroxylation is 1. The molecule has 3 rings (SSSR count). The molecule has 1 aromatic heterocycles. The predicted molar refractivity (Wildman–Crippen MR) is 87.3 cm³/mol. The van der Waals surface area contributed by atoms with Crippen LogP contribution in [0.1, 0.15) is 23.0 Å². The molecule has 24 heavy (non-hydrogen) atoms. The fourth-order valence-corrected chi connectivity index (χ4v) is 3.12. The van der Waals surface area contributed by atoms with Gasteiger partial charge < -0.3 is 19.9 Å². The van der Waals surface area contributed by atoms with Gasteiger partial charge in [-0.3, -0.25) is 9.59 Å². The molecular formula is C17H20FN3O3. The van der Waals surface area contributed by atoms with Crippen LogP contribution in [0.15, 0.2) is 18.2 Å². The maximum Gasteiger partial charge on any atom is 0.270 e. The third-order valence-corrected chi connectivity index (χ3v) is 4.50. The van der Waals surface area contributed by atoms with E-state index in [4.69, 9.17) is 4.74 Å². The Kier molecular flexibility index (Phi) is 4.04. The van der Waals surface area contributed by atoms with Gasteiger partial charge in [-0.2, -0.15) is 0 Å². The van der Waals surface area contributed by atoms with Gasteiger partial charge in [0.15, 0.2) is 5.60 Å². The Morgan fingerprint density at radius 2 is 2.17 bits per heavy atom. The number of nitrogens with one attached hydrogen (secondary N) is 2. The number of amides is 2. The van der Waals surface area contributed by atoms with Gasteiger partial charge in [0.25, 0.3) is 11.8 Å². The van der Waals surface area contributed by atoms with Gasteiger partial charge in [0.05, 0.1) is 13.2 Å². The molecule has 1 atom stereocenters. The monoisotopic (exact) mass is 333 g/mol. The molecule has 1 fully saturated rings. The Morgan fingerprint density at radius 1 is 1.42 bits per heavy atom. The van der Waals surface area contributed by atoms with Crippen molar-refractivity contribution in [2.24, 2.45) is 0 Å². The maximum atomic E-state index is 13.4. The standard InChI is InChI=1S/C17H20FN3O3/c1-10-12-8-11(18)4-5-13(12)20-14(10)15(22)21-6-7-24-17(2,9-21)16(23)19-3/h4-5,8,20H,6-7,9H2,1-3H3,(H,19,23)/t17-/m1/s1. The Hall–Kier alpha value is -2.41. The molecule has 7 heteroatoms. The van der Waals surface area contributed by atoms with Crippen molar-refractivity contribution in [2.75, 3.05) is 26.7 Å². The summed E-state index contributed by atoms with van der Waals surface area (Å²) in [5.41, 5.74) is 0.744. The van der Waals surface area contributed by atoms with E-state index in [2.05, 4.69) is 10.3 Å². The molecule has 2 heterocycles. The van der Waals surface area contributed by atoms with Gasteiger partial charge in [0.1, 0.15) is 11.5 Å². The number of rotatable bonds is 2. The Morgan fingerprint density at radius 3 is 2.88 bits per heavy atom. The lowest BCUT2D eigenvalue weighted by Gasteiger charge is -2.38. The summed E-state index contributed by atoms with van der Waals surface area (Å²) in [6.07, 6.45) is 0. The van der Waals surface area contributed by atoms with E-state index in [-0.39, 0.29) is 30.8 Å². The molecule has 128 valence electrons. The van der Waals surface area contributed by atoms with Crippen LogP contribution in [0.25, 0.3) is 10.9 Å². The number of fused-ring (bicyclic) bond motifs is 1. The summed E-state index contributed by atoms with van der Waals surface area (Å²) in [5.74, 6) is -0.833. The summed E-state index contributed by atoms with van der Waals surface area (Å²) in [5, 5.41) is 3.24. The number of carbonyl (C=O) groups excluding carboxylic acids is 2. The van der Waals surface area contributed by atoms with E-state index in [0.717, 1.165) is 0 Å². The van der Waals surface area contributed by atoms with Gasteiger partial charge >= 0.3 is 0 Å². The van der Waals surface area contributed by atoms with E-state index in [9.17, 15) is 14.0 Å². The van der Waals surface area contributed by atoms with Gasteiger partial charge in [-0.15, -0.1) is 0 Å². The highest BCUT2D eigenvalue weighted by Gasteiger charge is 2.40. The van der Waals surface area contributed by atoms with Gasteiger partial charge in [0, 0.05) is 24.5 Å². The fraction of sp³-hybridized carbons (Fsp3) is 0.412. The first kappa shape index (κ1) is 16.4. The largest absolute Gasteiger partial charge is 0.362 e. The zero-order valence-corrected chi connectivity index (χ0v) is 13.9. The number of carbonyl (C=O) groups is 2. The van der Waals surface area contributed by atoms with Crippen LogP contribution in [0.4, 0.5) is 4.39 Å². The Bertz CT molecular complexity index is 817. The minimum absolute atomic E-state index is 0.161. The zero-order chi connectivity index (χ0) is 17.5. The van der Waals surface area contributed by atoms with Crippen molar-refractivity contribution in [3.05, 3.63) is 35.3 Å². The molecular weight excluding hydrogens is 313 g/mol. The average molecular weight is 333 g/mol. The highest BCUT2D eigenvalue weighted by molar-refractivity contribution is 6.01. The molecule has 0 aliphatic carbocycles. The summed E-state index contributed by atoms with van der Waals surface area (Å²) in [7, 11) is 1.54. The van der Waals surface area contributed by atoms with Gasteiger partial charge in [-0.1, -0.05) is 0 Å². The van der Waals surface area contributed by atoms with Crippen molar-refractivity contribution < 1.29 is 18.7 Å². The number of likely N-dealkylation sites (N-methyl/N-ethyl adjacent to an activating group) is 1. The van der Waals surface area contributed by atoms with Crippen molar-refractivity contribution >= 4 is 22.7 Å². The maximum absolute atomic E-state index is 13.4. The van der Waals surface area contributed by atoms with Crippen LogP contribution in [0.3, 0.4) is 0 Å². The first-order valence-electron chi connectivity index (χ1n) is 7.79. The number of benzene rings is 1. The molecule has 2 N–H and O–H groups in total. The molecule has 1 saturated heterocycles. The number of aromatic amines is 1. The lowest BCUT2D eigenvalue weighted by atomic mass is 10.0. The third kappa shape index (κ3) is 2.65. The molecule has 0 saturated carbocycles. The lowest BCUT2D eigenvalue weighted by molar-refractivity contribution is -0.153. The van der Waals surface area contributed by atoms with Crippen LogP contribution >= 0.6 is 0 Å². The quantitative estimate of drug-likeness (QED) is 0.876. The number of halogens is 1. The number of nitrogens with zero attached hydrogens (tertiary/aromatic N) is 1. The number of hydrogen-bond donors (Lipinski definition) is 2. The lowest BCUT2D eigenvalue weighted by Crippen LogP contribution is -2.58. The first-order valence-corrected chi connectivity index (χ1v) is 7.79. The number of ether oxygens (including phenoxy) is 1. The smallest absolute Gasteiger partial charge is 0.270 e. The predicted octanol–water partition coefficient (Wildman–Crippen LogP) is 1.59. The number of morpholine rings is 1. The summed E-state index contributed by atoms with van der Waals surface area (Å²) in [6.45, 7) is 4.29. The molecule has 1 aliphatic rings. The SMILES string of the molecule is CNC(=O)[C@@]1(C)CN(C(=O)c2[nH]c3ccc(F)cc3c2C)CCO1. The normalized spacial score (nSPS) is 21.1. The van der Waals surface area contributed by atoms with Crippen LogP contribution in [-0.4, -0.2) is 54.0 Å². The Balaban J connectivity index is 1.92. The highest BCUT2D eigenvalue weighted by atomic mass is 19.1. The van der Waals surface area contributed by atoms with Gasteiger partial charge in [-0.25, -0.2) is 4.39 Å². The molecule has 0 spiro atoms. The van der Waals surface area contributed by atoms with Crippen molar-refractivity contribution in [3.8, 4) is 0 Å². The average Bonchev–Trinajstić information content (AvgIpc) is 2.90. The van der Waals surface area contributed by atoms with Crippen LogP contribution in [-0.2, 0) is 9.53 Å². The van der Waals surface area contributed by atoms with E-state index < -0.39 is 5.60 Å². The molecule has 6 nitrogen and oxygen atoms in total. The van der Waals surface area contributed by atoms with Crippen LogP contribution in [0.5, 0.6) is 0 Å².